The van der Waals surface area contributed by atoms with Gasteiger partial charge in [0.1, 0.15) is 0 Å². The highest BCUT2D eigenvalue weighted by Gasteiger charge is 2.35. The number of hydrogen-bond donors (Lipinski definition) is 1. The lowest BCUT2D eigenvalue weighted by atomic mass is 10.3. The number of nitrogens with zero attached hydrogens (tertiary/aromatic N) is 1. The van der Waals surface area contributed by atoms with Crippen molar-refractivity contribution >= 4 is 10.0 Å². The van der Waals surface area contributed by atoms with Crippen LogP contribution in [0.15, 0.2) is 0 Å². The van der Waals surface area contributed by atoms with Crippen molar-refractivity contribution in [3.8, 4) is 0 Å². The number of rotatable bonds is 5. The van der Waals surface area contributed by atoms with E-state index in [1.54, 1.807) is 7.05 Å². The molecule has 2 unspecified atom stereocenters. The first-order chi connectivity index (χ1) is 5.97. The van der Waals surface area contributed by atoms with Gasteiger partial charge in [0.15, 0.2) is 0 Å². The zero-order valence-electron chi connectivity index (χ0n) is 8.10. The van der Waals surface area contributed by atoms with Crippen molar-refractivity contribution in [1.82, 2.24) is 4.31 Å². The van der Waals surface area contributed by atoms with E-state index in [-0.39, 0.29) is 12.4 Å². The van der Waals surface area contributed by atoms with E-state index in [0.717, 1.165) is 6.42 Å². The van der Waals surface area contributed by atoms with Crippen LogP contribution in [-0.4, -0.2) is 43.8 Å². The fourth-order valence-corrected chi connectivity index (χ4v) is 2.33. The predicted molar refractivity (Wildman–Crippen MR) is 50.8 cm³/mol. The second kappa shape index (κ2) is 3.94. The van der Waals surface area contributed by atoms with Crippen LogP contribution in [0, 0.1) is 11.8 Å². The van der Waals surface area contributed by atoms with E-state index < -0.39 is 10.0 Å². The summed E-state index contributed by atoms with van der Waals surface area (Å²) in [6.07, 6.45) is 1.12. The van der Waals surface area contributed by atoms with Gasteiger partial charge in [-0.25, -0.2) is 12.7 Å². The Morgan fingerprint density at radius 1 is 1.54 bits per heavy atom. The lowest BCUT2D eigenvalue weighted by Crippen LogP contribution is -2.32. The molecule has 0 aromatic carbocycles. The Kier molecular flexibility index (Phi) is 3.32. The van der Waals surface area contributed by atoms with Gasteiger partial charge in [-0.2, -0.15) is 0 Å². The van der Waals surface area contributed by atoms with Crippen LogP contribution < -0.4 is 0 Å². The summed E-state index contributed by atoms with van der Waals surface area (Å²) >= 11 is 0. The molecule has 2 atom stereocenters. The standard InChI is InChI=1S/C8H17NO3S/c1-7-5-8(7)6-9(2)13(11,12)4-3-10/h7-8,10H,3-6H2,1-2H3. The smallest absolute Gasteiger partial charge is 0.216 e. The highest BCUT2D eigenvalue weighted by Crippen LogP contribution is 2.38. The monoisotopic (exact) mass is 207 g/mol. The Morgan fingerprint density at radius 2 is 2.08 bits per heavy atom. The molecule has 5 heteroatoms. The average Bonchev–Trinajstić information content (AvgIpc) is 2.66. The van der Waals surface area contributed by atoms with Crippen molar-refractivity contribution < 1.29 is 13.5 Å². The fourth-order valence-electron chi connectivity index (χ4n) is 1.37. The fraction of sp³-hybridized carbons (Fsp3) is 1.00. The molecule has 0 saturated heterocycles. The van der Waals surface area contributed by atoms with Gasteiger partial charge in [0.25, 0.3) is 0 Å². The molecule has 78 valence electrons. The van der Waals surface area contributed by atoms with Crippen LogP contribution in [0.1, 0.15) is 13.3 Å². The molecule has 0 aromatic rings. The first kappa shape index (κ1) is 10.9. The third kappa shape index (κ3) is 2.93. The molecule has 0 aliphatic heterocycles. The Balaban J connectivity index is 2.42. The molecule has 0 heterocycles. The van der Waals surface area contributed by atoms with Crippen LogP contribution in [0.25, 0.3) is 0 Å². The van der Waals surface area contributed by atoms with Crippen molar-refractivity contribution in [2.75, 3.05) is 26.0 Å². The van der Waals surface area contributed by atoms with E-state index in [1.807, 2.05) is 0 Å². The van der Waals surface area contributed by atoms with Gasteiger partial charge < -0.3 is 5.11 Å². The van der Waals surface area contributed by atoms with Crippen molar-refractivity contribution in [2.24, 2.45) is 11.8 Å². The molecule has 0 radical (unpaired) electrons. The maximum atomic E-state index is 11.4. The maximum absolute atomic E-state index is 11.4. The molecular weight excluding hydrogens is 190 g/mol. The summed E-state index contributed by atoms with van der Waals surface area (Å²) in [4.78, 5) is 0. The number of aliphatic hydroxyl groups is 1. The Hall–Kier alpha value is -0.130. The highest BCUT2D eigenvalue weighted by atomic mass is 32.2. The largest absolute Gasteiger partial charge is 0.395 e. The lowest BCUT2D eigenvalue weighted by molar-refractivity contribution is 0.315. The van der Waals surface area contributed by atoms with Gasteiger partial charge in [-0.15, -0.1) is 0 Å². The van der Waals surface area contributed by atoms with Crippen LogP contribution in [0.5, 0.6) is 0 Å². The summed E-state index contributed by atoms with van der Waals surface area (Å²) in [5, 5.41) is 8.55. The summed E-state index contributed by atoms with van der Waals surface area (Å²) in [5.74, 6) is 1.02. The molecule has 0 aromatic heterocycles. The van der Waals surface area contributed by atoms with Gasteiger partial charge in [0.2, 0.25) is 10.0 Å². The first-order valence-corrected chi connectivity index (χ1v) is 6.13. The topological polar surface area (TPSA) is 57.6 Å². The van der Waals surface area contributed by atoms with Gasteiger partial charge in [-0.1, -0.05) is 6.92 Å². The predicted octanol–water partition coefficient (Wildman–Crippen LogP) is -0.104. The molecule has 0 spiro atoms. The van der Waals surface area contributed by atoms with Crippen LogP contribution in [0.3, 0.4) is 0 Å². The average molecular weight is 207 g/mol. The zero-order chi connectivity index (χ0) is 10.1. The Bertz CT molecular complexity index is 263. The highest BCUT2D eigenvalue weighted by molar-refractivity contribution is 7.89. The summed E-state index contributed by atoms with van der Waals surface area (Å²) in [6.45, 7) is 2.42. The normalized spacial score (nSPS) is 28.0. The number of hydrogen-bond acceptors (Lipinski definition) is 3. The van der Waals surface area contributed by atoms with E-state index in [1.165, 1.54) is 4.31 Å². The van der Waals surface area contributed by atoms with Crippen LogP contribution in [0.4, 0.5) is 0 Å². The van der Waals surface area contributed by atoms with E-state index in [2.05, 4.69) is 6.92 Å². The third-order valence-corrected chi connectivity index (χ3v) is 4.39. The Labute approximate surface area is 79.6 Å². The van der Waals surface area contributed by atoms with Gasteiger partial charge in [-0.3, -0.25) is 0 Å². The molecule has 1 rings (SSSR count). The Morgan fingerprint density at radius 3 is 2.46 bits per heavy atom. The van der Waals surface area contributed by atoms with Crippen LogP contribution in [0.2, 0.25) is 0 Å². The number of aliphatic hydroxyl groups excluding tert-OH is 1. The SMILES string of the molecule is CC1CC1CN(C)S(=O)(=O)CCO. The summed E-state index contributed by atoms with van der Waals surface area (Å²) < 4.78 is 24.1. The lowest BCUT2D eigenvalue weighted by Gasteiger charge is -2.15. The van der Waals surface area contributed by atoms with Gasteiger partial charge in [0, 0.05) is 13.6 Å². The van der Waals surface area contributed by atoms with Gasteiger partial charge in [-0.05, 0) is 18.3 Å². The minimum absolute atomic E-state index is 0.162. The molecule has 13 heavy (non-hydrogen) atoms. The van der Waals surface area contributed by atoms with Crippen molar-refractivity contribution in [3.63, 3.8) is 0 Å². The van der Waals surface area contributed by atoms with E-state index in [9.17, 15) is 8.42 Å². The molecule has 1 N–H and O–H groups in total. The molecule has 1 aliphatic rings. The van der Waals surface area contributed by atoms with Crippen molar-refractivity contribution in [3.05, 3.63) is 0 Å². The van der Waals surface area contributed by atoms with Crippen LogP contribution in [-0.2, 0) is 10.0 Å². The summed E-state index contributed by atoms with van der Waals surface area (Å²) in [7, 11) is -1.63. The molecule has 0 amide bonds. The quantitative estimate of drug-likeness (QED) is 0.684. The van der Waals surface area contributed by atoms with Gasteiger partial charge >= 0.3 is 0 Å². The molecule has 0 bridgehead atoms. The van der Waals surface area contributed by atoms with Crippen molar-refractivity contribution in [2.45, 2.75) is 13.3 Å². The first-order valence-electron chi connectivity index (χ1n) is 4.52. The van der Waals surface area contributed by atoms with Crippen LogP contribution >= 0.6 is 0 Å². The minimum atomic E-state index is -3.21. The second-order valence-corrected chi connectivity index (χ2v) is 5.99. The van der Waals surface area contributed by atoms with Gasteiger partial charge in [0.05, 0.1) is 12.4 Å². The van der Waals surface area contributed by atoms with E-state index in [4.69, 9.17) is 5.11 Å². The van der Waals surface area contributed by atoms with E-state index in [0.29, 0.717) is 18.4 Å². The molecule has 1 saturated carbocycles. The molecule has 1 aliphatic carbocycles. The number of sulfonamides is 1. The van der Waals surface area contributed by atoms with Crippen molar-refractivity contribution in [1.29, 1.82) is 0 Å². The summed E-state index contributed by atoms with van der Waals surface area (Å²) in [6, 6.07) is 0. The second-order valence-electron chi connectivity index (χ2n) is 3.79. The molecule has 1 fully saturated rings. The summed E-state index contributed by atoms with van der Waals surface area (Å²) in [5.41, 5.74) is 0. The van der Waals surface area contributed by atoms with E-state index >= 15 is 0 Å². The molecular formula is C8H17NO3S. The minimum Gasteiger partial charge on any atom is -0.395 e. The third-order valence-electron chi connectivity index (χ3n) is 2.59. The maximum Gasteiger partial charge on any atom is 0.216 e. The zero-order valence-corrected chi connectivity index (χ0v) is 8.92. The molecule has 4 nitrogen and oxygen atoms in total.